The molecule has 1 saturated carbocycles. The molecule has 0 aromatic rings. The van der Waals surface area contributed by atoms with Crippen LogP contribution in [0.3, 0.4) is 0 Å². The molecular formula is C14H28. The van der Waals surface area contributed by atoms with E-state index >= 15 is 0 Å². The Morgan fingerprint density at radius 1 is 1.07 bits per heavy atom. The van der Waals surface area contributed by atoms with Gasteiger partial charge in [0.15, 0.2) is 0 Å². The van der Waals surface area contributed by atoms with E-state index in [-0.39, 0.29) is 0 Å². The van der Waals surface area contributed by atoms with Gasteiger partial charge in [-0.15, -0.1) is 0 Å². The monoisotopic (exact) mass is 196 g/mol. The van der Waals surface area contributed by atoms with Crippen LogP contribution >= 0.6 is 0 Å². The molecule has 0 saturated heterocycles. The van der Waals surface area contributed by atoms with Gasteiger partial charge < -0.3 is 0 Å². The lowest BCUT2D eigenvalue weighted by Gasteiger charge is -2.58. The minimum atomic E-state index is 0.614. The molecule has 0 amide bonds. The fraction of sp³-hybridized carbons (Fsp3) is 1.00. The summed E-state index contributed by atoms with van der Waals surface area (Å²) in [6.45, 7) is 16.9. The smallest absolute Gasteiger partial charge is 0.0267 e. The summed E-state index contributed by atoms with van der Waals surface area (Å²) < 4.78 is 0. The van der Waals surface area contributed by atoms with Crippen molar-refractivity contribution < 1.29 is 0 Å². The molecule has 14 heavy (non-hydrogen) atoms. The van der Waals surface area contributed by atoms with Gasteiger partial charge in [-0.3, -0.25) is 0 Å². The van der Waals surface area contributed by atoms with Crippen LogP contribution in [-0.4, -0.2) is 0 Å². The summed E-state index contributed by atoms with van der Waals surface area (Å²) >= 11 is 0. The molecule has 0 spiro atoms. The van der Waals surface area contributed by atoms with Gasteiger partial charge in [-0.25, -0.2) is 0 Å². The molecule has 0 N–H and O–H groups in total. The van der Waals surface area contributed by atoms with E-state index in [1.807, 2.05) is 0 Å². The van der Waals surface area contributed by atoms with Gasteiger partial charge in [0, 0.05) is 0 Å². The molecule has 4 atom stereocenters. The molecular weight excluding hydrogens is 168 g/mol. The summed E-state index contributed by atoms with van der Waals surface area (Å²) in [5.41, 5.74) is 0.614. The Kier molecular flexibility index (Phi) is 3.33. The second-order valence-electron chi connectivity index (χ2n) is 6.47. The maximum atomic E-state index is 2.50. The Morgan fingerprint density at radius 2 is 1.57 bits per heavy atom. The van der Waals surface area contributed by atoms with E-state index in [0.29, 0.717) is 5.41 Å². The summed E-state index contributed by atoms with van der Waals surface area (Å²) in [6.07, 6.45) is 1.44. The second kappa shape index (κ2) is 3.87. The fourth-order valence-corrected chi connectivity index (χ4v) is 3.60. The predicted molar refractivity (Wildman–Crippen MR) is 64.2 cm³/mol. The molecule has 1 rings (SSSR count). The van der Waals surface area contributed by atoms with Crippen molar-refractivity contribution in [2.45, 2.75) is 54.9 Å². The van der Waals surface area contributed by atoms with Crippen LogP contribution < -0.4 is 0 Å². The summed E-state index contributed by atoms with van der Waals surface area (Å²) in [5, 5.41) is 0. The van der Waals surface area contributed by atoms with E-state index in [0.717, 1.165) is 29.6 Å². The Hall–Kier alpha value is 0. The Bertz CT molecular complexity index is 192. The molecule has 1 fully saturated rings. The lowest BCUT2D eigenvalue weighted by molar-refractivity contribution is -0.0977. The average molecular weight is 196 g/mol. The highest BCUT2D eigenvalue weighted by molar-refractivity contribution is 5.00. The van der Waals surface area contributed by atoms with Crippen molar-refractivity contribution >= 4 is 0 Å². The highest BCUT2D eigenvalue weighted by Gasteiger charge is 2.52. The lowest BCUT2D eigenvalue weighted by atomic mass is 9.47. The lowest BCUT2D eigenvalue weighted by Crippen LogP contribution is -2.52. The van der Waals surface area contributed by atoms with Crippen molar-refractivity contribution in [3.8, 4) is 0 Å². The summed E-state index contributed by atoms with van der Waals surface area (Å²) in [7, 11) is 0. The molecule has 0 bridgehead atoms. The van der Waals surface area contributed by atoms with Gasteiger partial charge in [-0.05, 0) is 41.4 Å². The minimum absolute atomic E-state index is 0.614. The Balaban J connectivity index is 2.75. The van der Waals surface area contributed by atoms with E-state index in [1.54, 1.807) is 0 Å². The largest absolute Gasteiger partial charge is 0.0625 e. The van der Waals surface area contributed by atoms with Crippen molar-refractivity contribution in [2.24, 2.45) is 35.0 Å². The molecule has 1 aliphatic carbocycles. The third-order valence-electron chi connectivity index (χ3n) is 5.07. The zero-order valence-corrected chi connectivity index (χ0v) is 11.1. The third-order valence-corrected chi connectivity index (χ3v) is 5.07. The first-order valence-electron chi connectivity index (χ1n) is 6.30. The predicted octanol–water partition coefficient (Wildman–Crippen LogP) is 4.60. The van der Waals surface area contributed by atoms with E-state index in [1.165, 1.54) is 6.42 Å². The first-order chi connectivity index (χ1) is 6.30. The van der Waals surface area contributed by atoms with Crippen LogP contribution in [0.25, 0.3) is 0 Å². The van der Waals surface area contributed by atoms with E-state index in [4.69, 9.17) is 0 Å². The van der Waals surface area contributed by atoms with Crippen LogP contribution in [0.1, 0.15) is 54.9 Å². The molecule has 0 nitrogen and oxygen atoms in total. The molecule has 84 valence electrons. The summed E-state index contributed by atoms with van der Waals surface area (Å²) in [4.78, 5) is 0. The number of hydrogen-bond donors (Lipinski definition) is 0. The van der Waals surface area contributed by atoms with Gasteiger partial charge in [0.1, 0.15) is 0 Å². The molecule has 0 aliphatic heterocycles. The molecule has 0 aromatic carbocycles. The minimum Gasteiger partial charge on any atom is -0.0625 e. The van der Waals surface area contributed by atoms with Crippen LogP contribution in [0.2, 0.25) is 0 Å². The molecule has 0 heterocycles. The molecule has 0 heteroatoms. The fourth-order valence-electron chi connectivity index (χ4n) is 3.60. The Labute approximate surface area is 90.5 Å². The molecule has 4 unspecified atom stereocenters. The van der Waals surface area contributed by atoms with Crippen LogP contribution in [0, 0.1) is 35.0 Å². The standard InChI is InChI=1S/C14H28/c1-9(2)12(6)13-11(5)8-14(13,7)10(3)4/h9-13H,8H2,1-7H3. The molecule has 0 radical (unpaired) electrons. The van der Waals surface area contributed by atoms with Gasteiger partial charge in [0.05, 0.1) is 0 Å². The van der Waals surface area contributed by atoms with Crippen LogP contribution in [0.15, 0.2) is 0 Å². The van der Waals surface area contributed by atoms with E-state index < -0.39 is 0 Å². The van der Waals surface area contributed by atoms with Gasteiger partial charge in [-0.1, -0.05) is 48.5 Å². The molecule has 1 aliphatic rings. The maximum Gasteiger partial charge on any atom is -0.0267 e. The Morgan fingerprint density at radius 3 is 1.86 bits per heavy atom. The number of hydrogen-bond acceptors (Lipinski definition) is 0. The highest BCUT2D eigenvalue weighted by Crippen LogP contribution is 2.59. The second-order valence-corrected chi connectivity index (χ2v) is 6.47. The SMILES string of the molecule is CC(C)C(C)C1C(C)CC1(C)C(C)C. The normalized spacial score (nSPS) is 40.1. The van der Waals surface area contributed by atoms with Gasteiger partial charge in [-0.2, -0.15) is 0 Å². The first-order valence-corrected chi connectivity index (χ1v) is 6.30. The highest BCUT2D eigenvalue weighted by atomic mass is 14.6. The zero-order chi connectivity index (χ0) is 11.1. The van der Waals surface area contributed by atoms with Crippen LogP contribution in [0.5, 0.6) is 0 Å². The molecule has 0 aromatic heterocycles. The zero-order valence-electron chi connectivity index (χ0n) is 11.1. The van der Waals surface area contributed by atoms with E-state index in [9.17, 15) is 0 Å². The topological polar surface area (TPSA) is 0 Å². The van der Waals surface area contributed by atoms with Gasteiger partial charge >= 0.3 is 0 Å². The van der Waals surface area contributed by atoms with Crippen LogP contribution in [0.4, 0.5) is 0 Å². The van der Waals surface area contributed by atoms with Crippen molar-refractivity contribution in [3.05, 3.63) is 0 Å². The number of rotatable bonds is 3. The van der Waals surface area contributed by atoms with Crippen molar-refractivity contribution in [1.82, 2.24) is 0 Å². The maximum absolute atomic E-state index is 2.50. The first kappa shape index (κ1) is 12.1. The van der Waals surface area contributed by atoms with Crippen molar-refractivity contribution in [2.75, 3.05) is 0 Å². The van der Waals surface area contributed by atoms with Crippen molar-refractivity contribution in [3.63, 3.8) is 0 Å². The van der Waals surface area contributed by atoms with Crippen molar-refractivity contribution in [1.29, 1.82) is 0 Å². The summed E-state index contributed by atoms with van der Waals surface area (Å²) in [5.74, 6) is 4.44. The third kappa shape index (κ3) is 1.73. The van der Waals surface area contributed by atoms with Gasteiger partial charge in [0.2, 0.25) is 0 Å². The average Bonchev–Trinajstić information content (AvgIpc) is 2.02. The van der Waals surface area contributed by atoms with Gasteiger partial charge in [0.25, 0.3) is 0 Å². The van der Waals surface area contributed by atoms with Crippen LogP contribution in [-0.2, 0) is 0 Å². The quantitative estimate of drug-likeness (QED) is 0.619. The summed E-state index contributed by atoms with van der Waals surface area (Å²) in [6, 6.07) is 0. The van der Waals surface area contributed by atoms with E-state index in [2.05, 4.69) is 48.5 Å².